The molecular formula is C32H40N6O3S. The van der Waals surface area contributed by atoms with Gasteiger partial charge in [-0.3, -0.25) is 14.9 Å². The van der Waals surface area contributed by atoms with Crippen molar-refractivity contribution >= 4 is 40.1 Å². The van der Waals surface area contributed by atoms with Crippen LogP contribution in [0.15, 0.2) is 60.0 Å². The average molecular weight is 589 g/mol. The van der Waals surface area contributed by atoms with Gasteiger partial charge in [-0.05, 0) is 73.9 Å². The first kappa shape index (κ1) is 29.7. The second-order valence-corrected chi connectivity index (χ2v) is 13.1. The smallest absolute Gasteiger partial charge is 0.268 e. The van der Waals surface area contributed by atoms with Crippen LogP contribution in [0.5, 0.6) is 0 Å². The van der Waals surface area contributed by atoms with Crippen molar-refractivity contribution in [3.8, 4) is 10.6 Å². The van der Waals surface area contributed by atoms with Crippen LogP contribution in [0.1, 0.15) is 74.7 Å². The van der Waals surface area contributed by atoms with Crippen molar-refractivity contribution < 1.29 is 14.0 Å². The lowest BCUT2D eigenvalue weighted by Crippen LogP contribution is -2.37. The van der Waals surface area contributed by atoms with Gasteiger partial charge < -0.3 is 19.2 Å². The summed E-state index contributed by atoms with van der Waals surface area (Å²) in [6.45, 7) is 14.6. The molecule has 9 nitrogen and oxygen atoms in total. The second-order valence-electron chi connectivity index (χ2n) is 12.0. The minimum atomic E-state index is -0.225. The number of hydrogen-bond acceptors (Lipinski definition) is 7. The fraction of sp³-hybridized carbons (Fsp3) is 0.438. The monoisotopic (exact) mass is 588 g/mol. The number of imidazole rings is 1. The highest BCUT2D eigenvalue weighted by Crippen LogP contribution is 2.33. The molecule has 4 aromatic rings. The van der Waals surface area contributed by atoms with Crippen molar-refractivity contribution in [3.05, 3.63) is 66.0 Å². The molecule has 222 valence electrons. The van der Waals surface area contributed by atoms with E-state index in [0.717, 1.165) is 60.2 Å². The Hall–Kier alpha value is -3.76. The number of amides is 2. The number of carbonyl (C=O) groups is 2. The zero-order chi connectivity index (χ0) is 29.9. The van der Waals surface area contributed by atoms with Crippen LogP contribution in [0.25, 0.3) is 21.7 Å². The molecule has 1 aromatic carbocycles. The van der Waals surface area contributed by atoms with Gasteiger partial charge in [-0.15, -0.1) is 11.3 Å². The number of thiophene rings is 1. The summed E-state index contributed by atoms with van der Waals surface area (Å²) in [5.74, 6) is 0.880. The predicted octanol–water partition coefficient (Wildman–Crippen LogP) is 6.66. The molecule has 42 heavy (non-hydrogen) atoms. The number of hydrogen-bond donors (Lipinski definition) is 2. The molecule has 2 amide bonds. The third-order valence-electron chi connectivity index (χ3n) is 8.19. The quantitative estimate of drug-likeness (QED) is 0.223. The Kier molecular flexibility index (Phi) is 8.93. The van der Waals surface area contributed by atoms with Gasteiger partial charge >= 0.3 is 0 Å². The summed E-state index contributed by atoms with van der Waals surface area (Å²) < 4.78 is 7.56. The first-order chi connectivity index (χ1) is 20.1. The predicted molar refractivity (Wildman–Crippen MR) is 168 cm³/mol. The topological polar surface area (TPSA) is 105 Å². The molecule has 3 aromatic heterocycles. The Bertz CT molecular complexity index is 1550. The Morgan fingerprint density at radius 1 is 1.19 bits per heavy atom. The van der Waals surface area contributed by atoms with E-state index in [-0.39, 0.29) is 23.3 Å². The van der Waals surface area contributed by atoms with Crippen LogP contribution >= 0.6 is 11.3 Å². The van der Waals surface area contributed by atoms with E-state index < -0.39 is 0 Å². The molecule has 10 heteroatoms. The van der Waals surface area contributed by atoms with E-state index in [1.54, 1.807) is 12.3 Å². The molecule has 5 rings (SSSR count). The number of nitrogens with zero attached hydrogens (tertiary/aromatic N) is 4. The maximum atomic E-state index is 13.5. The molecule has 0 spiro atoms. The van der Waals surface area contributed by atoms with Crippen LogP contribution in [0, 0.1) is 5.41 Å². The summed E-state index contributed by atoms with van der Waals surface area (Å²) in [5.41, 5.74) is 3.09. The van der Waals surface area contributed by atoms with Gasteiger partial charge in [0.25, 0.3) is 5.91 Å². The van der Waals surface area contributed by atoms with Gasteiger partial charge in [0, 0.05) is 31.7 Å². The van der Waals surface area contributed by atoms with E-state index in [0.29, 0.717) is 29.2 Å². The molecule has 0 saturated carbocycles. The van der Waals surface area contributed by atoms with Crippen LogP contribution in [0.3, 0.4) is 0 Å². The standard InChI is InChI=1S/C32H40N6O3S/c1-6-29(39)37-15-8-7-9-23(14-16-37)38-25-11-10-22(18-34-21(2)32(3,4)5)17-24(25)35-31(38)36-30(40)28-13-12-27(42-28)26-19-33-20-41-26/h6,10-13,17,19-21,23,34H,1,7-9,14-16,18H2,2-5H3,(H,35,36,40)/t21-,23+/m0/s1. The van der Waals surface area contributed by atoms with E-state index in [1.807, 2.05) is 11.0 Å². The minimum absolute atomic E-state index is 0.0402. The molecule has 1 aliphatic rings. The molecule has 0 aliphatic carbocycles. The van der Waals surface area contributed by atoms with Crippen molar-refractivity contribution in [2.45, 2.75) is 72.0 Å². The van der Waals surface area contributed by atoms with Gasteiger partial charge in [0.15, 0.2) is 12.2 Å². The van der Waals surface area contributed by atoms with Crippen molar-refractivity contribution in [1.29, 1.82) is 0 Å². The number of nitrogens with one attached hydrogen (secondary N) is 2. The van der Waals surface area contributed by atoms with Crippen LogP contribution in [0.2, 0.25) is 0 Å². The lowest BCUT2D eigenvalue weighted by molar-refractivity contribution is -0.126. The number of aromatic nitrogens is 3. The fourth-order valence-corrected chi connectivity index (χ4v) is 6.09. The number of likely N-dealkylation sites (tertiary alicyclic amines) is 1. The van der Waals surface area contributed by atoms with Crippen LogP contribution in [0.4, 0.5) is 5.95 Å². The summed E-state index contributed by atoms with van der Waals surface area (Å²) in [6, 6.07) is 10.4. The first-order valence-electron chi connectivity index (χ1n) is 14.6. The second kappa shape index (κ2) is 12.6. The Balaban J connectivity index is 1.45. The lowest BCUT2D eigenvalue weighted by atomic mass is 9.88. The number of fused-ring (bicyclic) bond motifs is 1. The molecule has 2 atom stereocenters. The Morgan fingerprint density at radius 2 is 2.02 bits per heavy atom. The molecule has 0 bridgehead atoms. The summed E-state index contributed by atoms with van der Waals surface area (Å²) in [7, 11) is 0. The van der Waals surface area contributed by atoms with Crippen molar-refractivity contribution in [2.75, 3.05) is 18.4 Å². The highest BCUT2D eigenvalue weighted by molar-refractivity contribution is 7.17. The van der Waals surface area contributed by atoms with Gasteiger partial charge in [-0.2, -0.15) is 0 Å². The van der Waals surface area contributed by atoms with Crippen molar-refractivity contribution in [1.82, 2.24) is 24.8 Å². The van der Waals surface area contributed by atoms with Gasteiger partial charge in [0.05, 0.1) is 27.0 Å². The molecular weight excluding hydrogens is 548 g/mol. The number of oxazole rings is 1. The molecule has 0 unspecified atom stereocenters. The van der Waals surface area contributed by atoms with E-state index in [2.05, 4.69) is 72.7 Å². The summed E-state index contributed by atoms with van der Waals surface area (Å²) in [6.07, 6.45) is 7.99. The Morgan fingerprint density at radius 3 is 2.76 bits per heavy atom. The first-order valence-corrected chi connectivity index (χ1v) is 15.4. The van der Waals surface area contributed by atoms with Gasteiger partial charge in [0.1, 0.15) is 0 Å². The molecule has 4 heterocycles. The largest absolute Gasteiger partial charge is 0.443 e. The minimum Gasteiger partial charge on any atom is -0.443 e. The van der Waals surface area contributed by atoms with Crippen molar-refractivity contribution in [3.63, 3.8) is 0 Å². The number of benzene rings is 1. The van der Waals surface area contributed by atoms with E-state index >= 15 is 0 Å². The van der Waals surface area contributed by atoms with Gasteiger partial charge in [-0.25, -0.2) is 9.97 Å². The molecule has 1 saturated heterocycles. The lowest BCUT2D eigenvalue weighted by Gasteiger charge is -2.29. The average Bonchev–Trinajstić information content (AvgIpc) is 3.71. The normalized spacial score (nSPS) is 17.0. The van der Waals surface area contributed by atoms with Gasteiger partial charge in [-0.1, -0.05) is 33.4 Å². The van der Waals surface area contributed by atoms with Crippen LogP contribution in [-0.2, 0) is 11.3 Å². The summed E-state index contributed by atoms with van der Waals surface area (Å²) in [5, 5.41) is 6.74. The fourth-order valence-electron chi connectivity index (χ4n) is 5.23. The molecule has 0 radical (unpaired) electrons. The third kappa shape index (κ3) is 6.65. The van der Waals surface area contributed by atoms with E-state index in [1.165, 1.54) is 23.8 Å². The number of anilines is 1. The Labute approximate surface area is 251 Å². The van der Waals surface area contributed by atoms with Crippen LogP contribution in [-0.4, -0.2) is 50.4 Å². The van der Waals surface area contributed by atoms with E-state index in [9.17, 15) is 9.59 Å². The molecule has 2 N–H and O–H groups in total. The van der Waals surface area contributed by atoms with Crippen LogP contribution < -0.4 is 10.6 Å². The van der Waals surface area contributed by atoms with E-state index in [4.69, 9.17) is 9.40 Å². The zero-order valence-corrected chi connectivity index (χ0v) is 25.7. The van der Waals surface area contributed by atoms with Gasteiger partial charge in [0.2, 0.25) is 11.9 Å². The SMILES string of the molecule is C=CC(=O)N1CCCC[C@@H](n2c(NC(=O)c3ccc(-c4cnco4)s3)nc3cc(CN[C@@H](C)C(C)(C)C)ccc32)CC1. The zero-order valence-electron chi connectivity index (χ0n) is 24.9. The number of rotatable bonds is 8. The third-order valence-corrected chi connectivity index (χ3v) is 9.29. The highest BCUT2D eigenvalue weighted by atomic mass is 32.1. The highest BCUT2D eigenvalue weighted by Gasteiger charge is 2.25. The maximum absolute atomic E-state index is 13.5. The summed E-state index contributed by atoms with van der Waals surface area (Å²) in [4.78, 5) is 38.1. The van der Waals surface area contributed by atoms with Crippen molar-refractivity contribution in [2.24, 2.45) is 5.41 Å². The number of carbonyl (C=O) groups excluding carboxylic acids is 2. The molecule has 1 fully saturated rings. The maximum Gasteiger partial charge on any atom is 0.268 e. The molecule has 1 aliphatic heterocycles. The summed E-state index contributed by atoms with van der Waals surface area (Å²) >= 11 is 1.35.